The molecule has 106 valence electrons. The van der Waals surface area contributed by atoms with Crippen molar-refractivity contribution in [2.75, 3.05) is 13.7 Å². The number of carbonyl (C=O) groups is 1. The molecule has 19 heavy (non-hydrogen) atoms. The first-order valence-electron chi connectivity index (χ1n) is 7.09. The first-order valence-corrected chi connectivity index (χ1v) is 7.09. The van der Waals surface area contributed by atoms with Crippen LogP contribution in [0.3, 0.4) is 0 Å². The molecule has 2 rings (SSSR count). The number of fused-ring (bicyclic) bond motifs is 1. The van der Waals surface area contributed by atoms with Crippen LogP contribution in [0, 0.1) is 11.3 Å². The van der Waals surface area contributed by atoms with Crippen LogP contribution in [0.1, 0.15) is 45.4 Å². The monoisotopic (exact) mass is 264 g/mol. The molecule has 3 heteroatoms. The lowest BCUT2D eigenvalue weighted by molar-refractivity contribution is -0.136. The quantitative estimate of drug-likeness (QED) is 0.474. The van der Waals surface area contributed by atoms with Crippen LogP contribution in [-0.4, -0.2) is 24.8 Å². The van der Waals surface area contributed by atoms with Gasteiger partial charge in [-0.3, -0.25) is 0 Å². The van der Waals surface area contributed by atoms with Crippen LogP contribution in [0.4, 0.5) is 0 Å². The van der Waals surface area contributed by atoms with Crippen LogP contribution >= 0.6 is 0 Å². The summed E-state index contributed by atoms with van der Waals surface area (Å²) in [5, 5.41) is 9.42. The average Bonchev–Trinajstić information content (AvgIpc) is 2.40. The average molecular weight is 264 g/mol. The second-order valence-corrected chi connectivity index (χ2v) is 6.15. The number of hydrogen-bond acceptors (Lipinski definition) is 3. The number of ether oxygens (including phenoxy) is 1. The van der Waals surface area contributed by atoms with Crippen molar-refractivity contribution in [1.29, 1.82) is 0 Å². The second-order valence-electron chi connectivity index (χ2n) is 6.15. The normalized spacial score (nSPS) is 33.6. The highest BCUT2D eigenvalue weighted by atomic mass is 16.5. The van der Waals surface area contributed by atoms with E-state index >= 15 is 0 Å². The van der Waals surface area contributed by atoms with Crippen molar-refractivity contribution in [3.63, 3.8) is 0 Å². The summed E-state index contributed by atoms with van der Waals surface area (Å²) in [5.41, 5.74) is 3.17. The molecular weight excluding hydrogens is 240 g/mol. The van der Waals surface area contributed by atoms with E-state index in [9.17, 15) is 9.90 Å². The minimum absolute atomic E-state index is 0.224. The summed E-state index contributed by atoms with van der Waals surface area (Å²) >= 11 is 0. The molecule has 0 aromatic rings. The van der Waals surface area contributed by atoms with Gasteiger partial charge < -0.3 is 9.84 Å². The molecule has 2 fully saturated rings. The molecule has 2 aliphatic carbocycles. The van der Waals surface area contributed by atoms with E-state index in [0.29, 0.717) is 16.9 Å². The molecule has 0 aliphatic heterocycles. The van der Waals surface area contributed by atoms with Crippen LogP contribution in [0.25, 0.3) is 0 Å². The van der Waals surface area contributed by atoms with Gasteiger partial charge in [-0.15, -0.1) is 0 Å². The molecule has 3 nitrogen and oxygen atoms in total. The topological polar surface area (TPSA) is 46.5 Å². The van der Waals surface area contributed by atoms with E-state index in [1.54, 1.807) is 0 Å². The highest BCUT2D eigenvalue weighted by Crippen LogP contribution is 2.53. The Hall–Kier alpha value is -1.09. The van der Waals surface area contributed by atoms with E-state index in [-0.39, 0.29) is 12.6 Å². The standard InChI is InChI=1S/C16H24O3/c1-11-5-4-7-16(2)8-6-12(9-14(11)16)13(10-17)15(18)19-3/h14,17H,1,4-10H2,2-3H3/b13-12+/t14-,16+/m0/s1. The highest BCUT2D eigenvalue weighted by Gasteiger charge is 2.42. The van der Waals surface area contributed by atoms with Gasteiger partial charge in [-0.25, -0.2) is 4.79 Å². The number of aliphatic hydroxyl groups excluding tert-OH is 1. The molecule has 0 amide bonds. The Balaban J connectivity index is 2.27. The Morgan fingerprint density at radius 1 is 1.47 bits per heavy atom. The van der Waals surface area contributed by atoms with E-state index in [4.69, 9.17) is 4.74 Å². The Labute approximate surface area is 115 Å². The molecule has 0 radical (unpaired) electrons. The lowest BCUT2D eigenvalue weighted by atomic mass is 9.58. The van der Waals surface area contributed by atoms with Crippen molar-refractivity contribution in [2.24, 2.45) is 11.3 Å². The predicted molar refractivity (Wildman–Crippen MR) is 74.6 cm³/mol. The molecule has 0 bridgehead atoms. The van der Waals surface area contributed by atoms with Crippen LogP contribution in [0.2, 0.25) is 0 Å². The molecular formula is C16H24O3. The maximum Gasteiger partial charge on any atom is 0.336 e. The summed E-state index contributed by atoms with van der Waals surface area (Å²) < 4.78 is 4.77. The van der Waals surface area contributed by atoms with Crippen molar-refractivity contribution in [3.05, 3.63) is 23.3 Å². The zero-order chi connectivity index (χ0) is 14.0. The first-order chi connectivity index (χ1) is 9.01. The molecule has 0 aromatic carbocycles. The van der Waals surface area contributed by atoms with Crippen molar-refractivity contribution >= 4 is 5.97 Å². The van der Waals surface area contributed by atoms with E-state index < -0.39 is 0 Å². The summed E-state index contributed by atoms with van der Waals surface area (Å²) in [7, 11) is 1.37. The molecule has 1 N–H and O–H groups in total. The summed E-state index contributed by atoms with van der Waals surface area (Å²) in [4.78, 5) is 11.7. The fourth-order valence-electron chi connectivity index (χ4n) is 3.75. The molecule has 2 aliphatic rings. The van der Waals surface area contributed by atoms with Gasteiger partial charge in [0.2, 0.25) is 0 Å². The van der Waals surface area contributed by atoms with E-state index in [1.165, 1.54) is 25.5 Å². The highest BCUT2D eigenvalue weighted by molar-refractivity contribution is 5.89. The lowest BCUT2D eigenvalue weighted by Gasteiger charge is -2.47. The third-order valence-electron chi connectivity index (χ3n) is 5.04. The summed E-state index contributed by atoms with van der Waals surface area (Å²) in [6.07, 6.45) is 6.41. The number of rotatable bonds is 2. The fraction of sp³-hybridized carbons (Fsp3) is 0.688. The van der Waals surface area contributed by atoms with Gasteiger partial charge in [0.25, 0.3) is 0 Å². The van der Waals surface area contributed by atoms with E-state index in [0.717, 1.165) is 31.3 Å². The van der Waals surface area contributed by atoms with Crippen molar-refractivity contribution in [3.8, 4) is 0 Å². The van der Waals surface area contributed by atoms with Crippen molar-refractivity contribution < 1.29 is 14.6 Å². The summed E-state index contributed by atoms with van der Waals surface area (Å²) in [5.74, 6) is 0.0683. The minimum Gasteiger partial charge on any atom is -0.466 e. The molecule has 2 saturated carbocycles. The Bertz CT molecular complexity index is 422. The Morgan fingerprint density at radius 3 is 2.84 bits per heavy atom. The zero-order valence-corrected chi connectivity index (χ0v) is 12.0. The van der Waals surface area contributed by atoms with Gasteiger partial charge >= 0.3 is 5.97 Å². The number of aliphatic hydroxyl groups is 1. The molecule has 0 spiro atoms. The fourth-order valence-corrected chi connectivity index (χ4v) is 3.75. The Kier molecular flexibility index (Phi) is 4.14. The van der Waals surface area contributed by atoms with Gasteiger partial charge in [0, 0.05) is 0 Å². The third kappa shape index (κ3) is 2.62. The molecule has 0 saturated heterocycles. The van der Waals surface area contributed by atoms with Gasteiger partial charge in [0.15, 0.2) is 0 Å². The number of methoxy groups -OCH3 is 1. The zero-order valence-electron chi connectivity index (χ0n) is 12.0. The van der Waals surface area contributed by atoms with Crippen LogP contribution in [0.15, 0.2) is 23.3 Å². The SMILES string of the molecule is C=C1CCC[C@]2(C)CC/C(=C(/CO)C(=O)OC)C[C@@H]12. The van der Waals surface area contributed by atoms with Crippen molar-refractivity contribution in [1.82, 2.24) is 0 Å². The maximum atomic E-state index is 11.7. The molecule has 2 atom stereocenters. The minimum atomic E-state index is -0.387. The predicted octanol–water partition coefficient (Wildman–Crippen LogP) is 2.99. The summed E-state index contributed by atoms with van der Waals surface area (Å²) in [6.45, 7) is 6.35. The number of allylic oxidation sites excluding steroid dienone is 2. The van der Waals surface area contributed by atoms with Crippen LogP contribution in [0.5, 0.6) is 0 Å². The Morgan fingerprint density at radius 2 is 2.21 bits per heavy atom. The second kappa shape index (κ2) is 5.49. The summed E-state index contributed by atoms with van der Waals surface area (Å²) in [6, 6.07) is 0. The first kappa shape index (κ1) is 14.3. The van der Waals surface area contributed by atoms with E-state index in [1.807, 2.05) is 0 Å². The molecule has 0 unspecified atom stereocenters. The van der Waals surface area contributed by atoms with Crippen molar-refractivity contribution in [2.45, 2.75) is 45.4 Å². The number of hydrogen-bond donors (Lipinski definition) is 1. The smallest absolute Gasteiger partial charge is 0.336 e. The van der Waals surface area contributed by atoms with Crippen LogP contribution in [-0.2, 0) is 9.53 Å². The van der Waals surface area contributed by atoms with E-state index in [2.05, 4.69) is 13.5 Å². The van der Waals surface area contributed by atoms with Gasteiger partial charge in [0.05, 0.1) is 19.3 Å². The molecule has 0 heterocycles. The van der Waals surface area contributed by atoms with Gasteiger partial charge in [-0.1, -0.05) is 24.6 Å². The van der Waals surface area contributed by atoms with Gasteiger partial charge in [-0.2, -0.15) is 0 Å². The lowest BCUT2D eigenvalue weighted by Crippen LogP contribution is -2.36. The largest absolute Gasteiger partial charge is 0.466 e. The molecule has 0 aromatic heterocycles. The number of carbonyl (C=O) groups excluding carboxylic acids is 1. The van der Waals surface area contributed by atoms with Crippen LogP contribution < -0.4 is 0 Å². The maximum absolute atomic E-state index is 11.7. The number of esters is 1. The third-order valence-corrected chi connectivity index (χ3v) is 5.04. The van der Waals surface area contributed by atoms with Gasteiger partial charge in [-0.05, 0) is 49.9 Å². The van der Waals surface area contributed by atoms with Gasteiger partial charge in [0.1, 0.15) is 0 Å².